The van der Waals surface area contributed by atoms with Crippen LogP contribution in [0, 0.1) is 5.41 Å². The van der Waals surface area contributed by atoms with Crippen molar-refractivity contribution in [3.8, 4) is 0 Å². The fourth-order valence-electron chi connectivity index (χ4n) is 2.90. The van der Waals surface area contributed by atoms with Gasteiger partial charge in [0, 0.05) is 62.2 Å². The van der Waals surface area contributed by atoms with E-state index in [0.717, 1.165) is 19.6 Å². The van der Waals surface area contributed by atoms with Crippen LogP contribution in [0.2, 0.25) is 0 Å². The lowest BCUT2D eigenvalue weighted by Gasteiger charge is -2.31. The maximum atomic E-state index is 2.35. The van der Waals surface area contributed by atoms with E-state index < -0.39 is 0 Å². The van der Waals surface area contributed by atoms with Gasteiger partial charge in [-0.1, -0.05) is 6.92 Å². The molecule has 3 rings (SSSR count). The van der Waals surface area contributed by atoms with Crippen LogP contribution in [0.5, 0.6) is 0 Å². The average molecular weight is 267 g/mol. The molecular formula is C17H21N3. The van der Waals surface area contributed by atoms with E-state index in [2.05, 4.69) is 94.2 Å². The molecule has 0 radical (unpaired) electrons. The first-order valence-electron chi connectivity index (χ1n) is 7.06. The Morgan fingerprint density at radius 3 is 1.05 bits per heavy atom. The van der Waals surface area contributed by atoms with E-state index >= 15 is 0 Å². The van der Waals surface area contributed by atoms with Gasteiger partial charge < -0.3 is 13.7 Å². The molecule has 3 aromatic heterocycles. The normalized spacial score (nSPS) is 11.8. The third-order valence-corrected chi connectivity index (χ3v) is 3.69. The molecule has 3 heteroatoms. The second-order valence-corrected chi connectivity index (χ2v) is 5.88. The van der Waals surface area contributed by atoms with Crippen LogP contribution in [0.15, 0.2) is 73.6 Å². The zero-order chi connectivity index (χ0) is 13.8. The Balaban J connectivity index is 1.81. The molecule has 0 saturated carbocycles. The minimum absolute atomic E-state index is 0.164. The van der Waals surface area contributed by atoms with Gasteiger partial charge in [-0.3, -0.25) is 0 Å². The van der Waals surface area contributed by atoms with Crippen molar-refractivity contribution in [1.29, 1.82) is 0 Å². The Morgan fingerprint density at radius 1 is 0.550 bits per heavy atom. The molecule has 0 aromatic carbocycles. The molecule has 3 aromatic rings. The highest BCUT2D eigenvalue weighted by atomic mass is 15.0. The highest BCUT2D eigenvalue weighted by molar-refractivity contribution is 4.97. The third kappa shape index (κ3) is 3.05. The quantitative estimate of drug-likeness (QED) is 0.649. The average Bonchev–Trinajstić information content (AvgIpc) is 3.11. The first kappa shape index (κ1) is 12.9. The predicted octanol–water partition coefficient (Wildman–Crippen LogP) is 3.50. The van der Waals surface area contributed by atoms with Crippen molar-refractivity contribution in [2.75, 3.05) is 0 Å². The van der Waals surface area contributed by atoms with Gasteiger partial charge in [0.05, 0.1) is 0 Å². The van der Waals surface area contributed by atoms with Gasteiger partial charge in [0.25, 0.3) is 0 Å². The van der Waals surface area contributed by atoms with E-state index in [0.29, 0.717) is 0 Å². The molecule has 0 bridgehead atoms. The van der Waals surface area contributed by atoms with E-state index in [1.165, 1.54) is 0 Å². The van der Waals surface area contributed by atoms with Crippen LogP contribution in [0.25, 0.3) is 0 Å². The largest absolute Gasteiger partial charge is 0.354 e. The van der Waals surface area contributed by atoms with Gasteiger partial charge in [-0.25, -0.2) is 0 Å². The SMILES string of the molecule is CC(Cn1cccc1)(Cn1cccc1)Cn1cccc1. The number of hydrogen-bond donors (Lipinski definition) is 0. The van der Waals surface area contributed by atoms with Crippen LogP contribution in [0.3, 0.4) is 0 Å². The number of aromatic nitrogens is 3. The Morgan fingerprint density at radius 2 is 0.800 bits per heavy atom. The molecule has 0 fully saturated rings. The van der Waals surface area contributed by atoms with E-state index in [9.17, 15) is 0 Å². The van der Waals surface area contributed by atoms with E-state index in [4.69, 9.17) is 0 Å². The molecule has 0 saturated heterocycles. The minimum Gasteiger partial charge on any atom is -0.354 e. The summed E-state index contributed by atoms with van der Waals surface area (Å²) in [6.07, 6.45) is 12.9. The van der Waals surface area contributed by atoms with Crippen molar-refractivity contribution in [3.05, 3.63) is 73.6 Å². The molecular weight excluding hydrogens is 246 g/mol. The summed E-state index contributed by atoms with van der Waals surface area (Å²) in [5.41, 5.74) is 0.164. The van der Waals surface area contributed by atoms with Gasteiger partial charge in [-0.15, -0.1) is 0 Å². The zero-order valence-corrected chi connectivity index (χ0v) is 11.9. The van der Waals surface area contributed by atoms with Crippen LogP contribution < -0.4 is 0 Å². The smallest absolute Gasteiger partial charge is 0.0307 e. The Kier molecular flexibility index (Phi) is 3.50. The third-order valence-electron chi connectivity index (χ3n) is 3.69. The van der Waals surface area contributed by atoms with E-state index in [1.54, 1.807) is 0 Å². The van der Waals surface area contributed by atoms with Gasteiger partial charge in [0.2, 0.25) is 0 Å². The predicted molar refractivity (Wildman–Crippen MR) is 81.4 cm³/mol. The summed E-state index contributed by atoms with van der Waals surface area (Å²) in [4.78, 5) is 0. The van der Waals surface area contributed by atoms with Crippen LogP contribution in [0.1, 0.15) is 6.92 Å². The lowest BCUT2D eigenvalue weighted by Crippen LogP contribution is -2.32. The van der Waals surface area contributed by atoms with Crippen molar-refractivity contribution in [3.63, 3.8) is 0 Å². The number of hydrogen-bond acceptors (Lipinski definition) is 0. The Bertz CT molecular complexity index is 514. The van der Waals surface area contributed by atoms with Crippen LogP contribution in [-0.4, -0.2) is 13.7 Å². The Labute approximate surface area is 120 Å². The summed E-state index contributed by atoms with van der Waals surface area (Å²) >= 11 is 0. The lowest BCUT2D eigenvalue weighted by atomic mass is 9.90. The summed E-state index contributed by atoms with van der Waals surface area (Å²) in [7, 11) is 0. The van der Waals surface area contributed by atoms with E-state index in [1.807, 2.05) is 0 Å². The van der Waals surface area contributed by atoms with Crippen molar-refractivity contribution in [2.45, 2.75) is 26.6 Å². The summed E-state index contributed by atoms with van der Waals surface area (Å²) in [6, 6.07) is 12.5. The zero-order valence-electron chi connectivity index (χ0n) is 11.9. The molecule has 0 atom stereocenters. The number of rotatable bonds is 6. The maximum absolute atomic E-state index is 2.35. The molecule has 0 amide bonds. The van der Waals surface area contributed by atoms with Crippen molar-refractivity contribution in [2.24, 2.45) is 5.41 Å². The topological polar surface area (TPSA) is 14.8 Å². The van der Waals surface area contributed by atoms with Gasteiger partial charge >= 0.3 is 0 Å². The summed E-state index contributed by atoms with van der Waals surface area (Å²) in [6.45, 7) is 5.38. The van der Waals surface area contributed by atoms with Crippen molar-refractivity contribution in [1.82, 2.24) is 13.7 Å². The molecule has 0 N–H and O–H groups in total. The molecule has 0 aliphatic carbocycles. The highest BCUT2D eigenvalue weighted by Gasteiger charge is 2.25. The van der Waals surface area contributed by atoms with Crippen LogP contribution in [0.4, 0.5) is 0 Å². The standard InChI is InChI=1S/C17H21N3/c1-17(14-18-8-2-3-9-18,15-19-10-4-5-11-19)16-20-12-6-7-13-20/h2-13H,14-16H2,1H3. The first-order valence-corrected chi connectivity index (χ1v) is 7.06. The van der Waals surface area contributed by atoms with E-state index in [-0.39, 0.29) is 5.41 Å². The van der Waals surface area contributed by atoms with Gasteiger partial charge in [0.15, 0.2) is 0 Å². The molecule has 3 heterocycles. The fourth-order valence-corrected chi connectivity index (χ4v) is 2.90. The minimum atomic E-state index is 0.164. The molecule has 0 aliphatic rings. The van der Waals surface area contributed by atoms with Crippen LogP contribution >= 0.6 is 0 Å². The summed E-state index contributed by atoms with van der Waals surface area (Å²) in [5.74, 6) is 0. The molecule has 20 heavy (non-hydrogen) atoms. The molecule has 0 aliphatic heterocycles. The van der Waals surface area contributed by atoms with Crippen molar-refractivity contribution >= 4 is 0 Å². The van der Waals surface area contributed by atoms with Crippen LogP contribution in [-0.2, 0) is 19.6 Å². The summed E-state index contributed by atoms with van der Waals surface area (Å²) < 4.78 is 6.81. The summed E-state index contributed by atoms with van der Waals surface area (Å²) in [5, 5.41) is 0. The van der Waals surface area contributed by atoms with Gasteiger partial charge in [-0.2, -0.15) is 0 Å². The molecule has 0 unspecified atom stereocenters. The highest BCUT2D eigenvalue weighted by Crippen LogP contribution is 2.25. The van der Waals surface area contributed by atoms with Crippen molar-refractivity contribution < 1.29 is 0 Å². The number of nitrogens with zero attached hydrogens (tertiary/aromatic N) is 3. The molecule has 0 spiro atoms. The monoisotopic (exact) mass is 267 g/mol. The maximum Gasteiger partial charge on any atom is 0.0307 e. The fraction of sp³-hybridized carbons (Fsp3) is 0.294. The first-order chi connectivity index (χ1) is 9.73. The van der Waals surface area contributed by atoms with Gasteiger partial charge in [-0.05, 0) is 36.4 Å². The second kappa shape index (κ2) is 5.45. The molecule has 104 valence electrons. The second-order valence-electron chi connectivity index (χ2n) is 5.88. The Hall–Kier alpha value is -2.16. The van der Waals surface area contributed by atoms with Gasteiger partial charge in [0.1, 0.15) is 0 Å². The lowest BCUT2D eigenvalue weighted by molar-refractivity contribution is 0.192. The molecule has 3 nitrogen and oxygen atoms in total.